The van der Waals surface area contributed by atoms with Gasteiger partial charge in [0.25, 0.3) is 0 Å². The standard InChI is InChI=1S/C21H22O6.C12H10O3.C3H8.C2H6O/c1-15(20(23)26-4)13-17(7-5-6-12-22)14-16(2)21(24)27-19-10-8-18(25-3)9-11-19;1-9(6-13)4-10-2-3-11(7-14)12(5-10)8-15;2*1-3-2/h5-14H,1-4H3;2-8H,1H3;3H2,1-2H3;1-2H3/b6-5+,15-13+,16-14+,17-7+;9-4+;;. The van der Waals surface area contributed by atoms with Gasteiger partial charge in [-0.05, 0) is 92.1 Å². The van der Waals surface area contributed by atoms with Crippen LogP contribution in [-0.4, -0.2) is 65.5 Å². The van der Waals surface area contributed by atoms with Crippen molar-refractivity contribution in [3.63, 3.8) is 0 Å². The summed E-state index contributed by atoms with van der Waals surface area (Å²) in [5.41, 5.74) is 3.16. The van der Waals surface area contributed by atoms with Crippen LogP contribution in [0.1, 0.15) is 67.3 Å². The maximum absolute atomic E-state index is 12.3. The highest BCUT2D eigenvalue weighted by molar-refractivity contribution is 5.92. The van der Waals surface area contributed by atoms with Crippen molar-refractivity contribution in [2.75, 3.05) is 28.4 Å². The van der Waals surface area contributed by atoms with Gasteiger partial charge in [-0.2, -0.15) is 0 Å². The molecule has 0 heterocycles. The number of esters is 2. The molecule has 2 aromatic rings. The van der Waals surface area contributed by atoms with Gasteiger partial charge in [0.05, 0.1) is 14.2 Å². The van der Waals surface area contributed by atoms with Crippen molar-refractivity contribution in [2.45, 2.75) is 41.0 Å². The van der Waals surface area contributed by atoms with Gasteiger partial charge in [0.2, 0.25) is 0 Å². The first-order chi connectivity index (χ1) is 22.9. The van der Waals surface area contributed by atoms with E-state index in [9.17, 15) is 28.8 Å². The Morgan fingerprint density at radius 1 is 0.708 bits per heavy atom. The van der Waals surface area contributed by atoms with Crippen LogP contribution in [-0.2, 0) is 28.7 Å². The molecule has 0 aromatic heterocycles. The number of allylic oxidation sites excluding steroid dienone is 7. The normalized spacial score (nSPS) is 11.3. The summed E-state index contributed by atoms with van der Waals surface area (Å²) >= 11 is 0. The van der Waals surface area contributed by atoms with Crippen LogP contribution >= 0.6 is 0 Å². The molecule has 0 atom stereocenters. The number of carbonyl (C=O) groups is 6. The number of hydrogen-bond acceptors (Lipinski definition) is 10. The largest absolute Gasteiger partial charge is 0.497 e. The Morgan fingerprint density at radius 2 is 1.23 bits per heavy atom. The highest BCUT2D eigenvalue weighted by Gasteiger charge is 2.09. The van der Waals surface area contributed by atoms with Crippen LogP contribution in [0.5, 0.6) is 11.5 Å². The molecule has 48 heavy (non-hydrogen) atoms. The van der Waals surface area contributed by atoms with Gasteiger partial charge in [-0.25, -0.2) is 9.59 Å². The van der Waals surface area contributed by atoms with Crippen molar-refractivity contribution in [2.24, 2.45) is 0 Å². The summed E-state index contributed by atoms with van der Waals surface area (Å²) in [6, 6.07) is 11.4. The average molecular weight is 663 g/mol. The zero-order valence-electron chi connectivity index (χ0n) is 29.1. The zero-order valence-corrected chi connectivity index (χ0v) is 29.1. The minimum atomic E-state index is -0.547. The third-order valence-corrected chi connectivity index (χ3v) is 5.29. The molecule has 0 fully saturated rings. The summed E-state index contributed by atoms with van der Waals surface area (Å²) in [4.78, 5) is 65.9. The quantitative estimate of drug-likeness (QED) is 0.0772. The SMILES string of the molecule is C/C(C=O)=C\c1ccc(C=O)c(C=O)c1.CCC.COC.COC(=O)/C(C)=C/C(=C\C=C\C=O)/C=C(\C)C(=O)Oc1ccc(OC)cc1. The van der Waals surface area contributed by atoms with Crippen LogP contribution in [0.3, 0.4) is 0 Å². The molecular formula is C38H46O10. The molecule has 0 bridgehead atoms. The number of ether oxygens (including phenoxy) is 4. The van der Waals surface area contributed by atoms with Crippen LogP contribution in [0.25, 0.3) is 6.08 Å². The number of aldehydes is 4. The number of rotatable bonds is 12. The highest BCUT2D eigenvalue weighted by Crippen LogP contribution is 2.19. The number of benzene rings is 2. The monoisotopic (exact) mass is 662 g/mol. The summed E-state index contributed by atoms with van der Waals surface area (Å²) in [6.45, 7) is 9.09. The third kappa shape index (κ3) is 19.8. The highest BCUT2D eigenvalue weighted by atomic mass is 16.5. The Morgan fingerprint density at radius 3 is 1.69 bits per heavy atom. The van der Waals surface area contributed by atoms with E-state index in [-0.39, 0.29) is 0 Å². The van der Waals surface area contributed by atoms with E-state index in [0.717, 1.165) is 11.8 Å². The van der Waals surface area contributed by atoms with E-state index >= 15 is 0 Å². The molecule has 2 aromatic carbocycles. The Hall–Kier alpha value is -5.48. The predicted molar refractivity (Wildman–Crippen MR) is 187 cm³/mol. The van der Waals surface area contributed by atoms with E-state index in [4.69, 9.17) is 9.47 Å². The Bertz CT molecular complexity index is 1470. The molecule has 0 spiro atoms. The van der Waals surface area contributed by atoms with Crippen LogP contribution in [0, 0.1) is 0 Å². The van der Waals surface area contributed by atoms with Gasteiger partial charge in [-0.3, -0.25) is 19.2 Å². The molecule has 0 saturated heterocycles. The van der Waals surface area contributed by atoms with Crippen molar-refractivity contribution in [3.8, 4) is 11.5 Å². The van der Waals surface area contributed by atoms with Crippen LogP contribution in [0.2, 0.25) is 0 Å². The van der Waals surface area contributed by atoms with Crippen LogP contribution < -0.4 is 9.47 Å². The smallest absolute Gasteiger partial charge is 0.339 e. The molecule has 10 heteroatoms. The first-order valence-corrected chi connectivity index (χ1v) is 14.7. The van der Waals surface area contributed by atoms with Crippen LogP contribution in [0.4, 0.5) is 0 Å². The second kappa shape index (κ2) is 27.8. The van der Waals surface area contributed by atoms with E-state index < -0.39 is 11.9 Å². The lowest BCUT2D eigenvalue weighted by Crippen LogP contribution is -2.09. The molecule has 0 radical (unpaired) electrons. The van der Waals surface area contributed by atoms with Crippen molar-refractivity contribution in [1.82, 2.24) is 0 Å². The average Bonchev–Trinajstić information content (AvgIpc) is 3.08. The maximum Gasteiger partial charge on any atom is 0.339 e. The molecule has 0 aliphatic rings. The topological polar surface area (TPSA) is 139 Å². The lowest BCUT2D eigenvalue weighted by Gasteiger charge is -2.06. The minimum Gasteiger partial charge on any atom is -0.497 e. The Labute approximate surface area is 283 Å². The molecular weight excluding hydrogens is 616 g/mol. The Balaban J connectivity index is 0. The van der Waals surface area contributed by atoms with E-state index in [1.165, 1.54) is 25.7 Å². The second-order valence-corrected chi connectivity index (χ2v) is 9.64. The van der Waals surface area contributed by atoms with E-state index in [1.807, 2.05) is 0 Å². The molecule has 258 valence electrons. The fourth-order valence-corrected chi connectivity index (χ4v) is 3.15. The molecule has 0 unspecified atom stereocenters. The van der Waals surface area contributed by atoms with Gasteiger partial charge in [-0.15, -0.1) is 0 Å². The molecule has 10 nitrogen and oxygen atoms in total. The molecule has 0 saturated carbocycles. The summed E-state index contributed by atoms with van der Waals surface area (Å²) < 4.78 is 19.3. The predicted octanol–water partition coefficient (Wildman–Crippen LogP) is 6.94. The third-order valence-electron chi connectivity index (χ3n) is 5.29. The molecule has 0 N–H and O–H groups in total. The summed E-state index contributed by atoms with van der Waals surface area (Å²) in [7, 11) is 6.08. The lowest BCUT2D eigenvalue weighted by atomic mass is 10.0. The summed E-state index contributed by atoms with van der Waals surface area (Å²) in [5.74, 6) is -0.0134. The molecule has 0 amide bonds. The minimum absolute atomic E-state index is 0.311. The maximum atomic E-state index is 12.3. The fourth-order valence-electron chi connectivity index (χ4n) is 3.15. The lowest BCUT2D eigenvalue weighted by molar-refractivity contribution is -0.136. The molecule has 0 aliphatic carbocycles. The zero-order chi connectivity index (χ0) is 36.9. The Kier molecular flexibility index (Phi) is 25.9. The number of hydrogen-bond donors (Lipinski definition) is 0. The first-order valence-electron chi connectivity index (χ1n) is 14.7. The van der Waals surface area contributed by atoms with Gasteiger partial charge in [0, 0.05) is 36.5 Å². The van der Waals surface area contributed by atoms with Gasteiger partial charge in [0.15, 0.2) is 12.6 Å². The first kappa shape index (κ1) is 44.6. The van der Waals surface area contributed by atoms with E-state index in [1.54, 1.807) is 109 Å². The van der Waals surface area contributed by atoms with E-state index in [2.05, 4.69) is 23.3 Å². The van der Waals surface area contributed by atoms with Gasteiger partial charge < -0.3 is 18.9 Å². The summed E-state index contributed by atoms with van der Waals surface area (Å²) in [5, 5.41) is 0. The number of methoxy groups -OCH3 is 3. The van der Waals surface area contributed by atoms with Gasteiger partial charge >= 0.3 is 11.9 Å². The van der Waals surface area contributed by atoms with Crippen molar-refractivity contribution >= 4 is 43.2 Å². The van der Waals surface area contributed by atoms with E-state index in [0.29, 0.717) is 63.8 Å². The van der Waals surface area contributed by atoms with Gasteiger partial charge in [-0.1, -0.05) is 44.6 Å². The number of carbonyl (C=O) groups excluding carboxylic acids is 6. The van der Waals surface area contributed by atoms with Crippen molar-refractivity contribution in [1.29, 1.82) is 0 Å². The summed E-state index contributed by atoms with van der Waals surface area (Å²) in [6.07, 6.45) is 13.0. The van der Waals surface area contributed by atoms with Crippen LogP contribution in [0.15, 0.2) is 95.1 Å². The van der Waals surface area contributed by atoms with Crippen molar-refractivity contribution in [3.05, 3.63) is 112 Å². The molecule has 0 aliphatic heterocycles. The van der Waals surface area contributed by atoms with Gasteiger partial charge in [0.1, 0.15) is 24.1 Å². The second-order valence-electron chi connectivity index (χ2n) is 9.64. The van der Waals surface area contributed by atoms with Crippen molar-refractivity contribution < 1.29 is 47.7 Å². The molecule has 2 rings (SSSR count). The fraction of sp³-hybridized carbons (Fsp3) is 0.263.